The van der Waals surface area contributed by atoms with Crippen molar-refractivity contribution in [2.45, 2.75) is 50.6 Å². The number of hydrogen-bond acceptors (Lipinski definition) is 4. The molecule has 0 N–H and O–H groups in total. The fraction of sp³-hybridized carbons (Fsp3) is 0.450. The Hall–Kier alpha value is -2.44. The standard InChI is InChI=1S/C20H21F3N2O2/c1-27-18(26)11-14-8-6-13(7-9-14)10-16-12-17(20(21,22)23)25-19(24-16)15-4-2-3-5-15/h6-9,12,15H,2-5,10-11H2,1H3. The number of alkyl halides is 3. The number of methoxy groups -OCH3 is 1. The average molecular weight is 378 g/mol. The third-order valence-corrected chi connectivity index (χ3v) is 4.79. The van der Waals surface area contributed by atoms with E-state index < -0.39 is 11.9 Å². The maximum atomic E-state index is 13.2. The SMILES string of the molecule is COC(=O)Cc1ccc(Cc2cc(C(F)(F)F)nc(C3CCCC3)n2)cc1. The number of rotatable bonds is 5. The molecule has 1 aliphatic carbocycles. The second-order valence-corrected chi connectivity index (χ2v) is 6.83. The number of carbonyl (C=O) groups excluding carboxylic acids is 1. The summed E-state index contributed by atoms with van der Waals surface area (Å²) in [4.78, 5) is 19.5. The minimum Gasteiger partial charge on any atom is -0.469 e. The summed E-state index contributed by atoms with van der Waals surface area (Å²) in [6, 6.07) is 8.17. The van der Waals surface area contributed by atoms with E-state index in [2.05, 4.69) is 14.7 Å². The van der Waals surface area contributed by atoms with Crippen LogP contribution in [0.2, 0.25) is 0 Å². The lowest BCUT2D eigenvalue weighted by atomic mass is 10.0. The van der Waals surface area contributed by atoms with Crippen molar-refractivity contribution in [1.82, 2.24) is 9.97 Å². The lowest BCUT2D eigenvalue weighted by Crippen LogP contribution is -2.14. The largest absolute Gasteiger partial charge is 0.469 e. The highest BCUT2D eigenvalue weighted by molar-refractivity contribution is 5.72. The first-order chi connectivity index (χ1) is 12.8. The van der Waals surface area contributed by atoms with Crippen molar-refractivity contribution in [3.05, 3.63) is 58.7 Å². The molecule has 1 saturated carbocycles. The molecule has 0 unspecified atom stereocenters. The van der Waals surface area contributed by atoms with Gasteiger partial charge in [-0.25, -0.2) is 9.97 Å². The zero-order valence-electron chi connectivity index (χ0n) is 15.1. The zero-order chi connectivity index (χ0) is 19.4. The average Bonchev–Trinajstić information content (AvgIpc) is 3.17. The second kappa shape index (κ2) is 8.06. The molecule has 2 aromatic rings. The molecule has 0 saturated heterocycles. The predicted molar refractivity (Wildman–Crippen MR) is 93.2 cm³/mol. The Morgan fingerprint density at radius 3 is 2.33 bits per heavy atom. The Kier molecular flexibility index (Phi) is 5.77. The second-order valence-electron chi connectivity index (χ2n) is 6.83. The monoisotopic (exact) mass is 378 g/mol. The summed E-state index contributed by atoms with van der Waals surface area (Å²) in [6.45, 7) is 0. The first-order valence-corrected chi connectivity index (χ1v) is 8.95. The van der Waals surface area contributed by atoms with Crippen molar-refractivity contribution in [3.8, 4) is 0 Å². The Morgan fingerprint density at radius 2 is 1.74 bits per heavy atom. The van der Waals surface area contributed by atoms with Gasteiger partial charge in [0.1, 0.15) is 11.5 Å². The van der Waals surface area contributed by atoms with Gasteiger partial charge < -0.3 is 4.74 Å². The molecule has 1 aliphatic rings. The topological polar surface area (TPSA) is 52.1 Å². The Morgan fingerprint density at radius 1 is 1.11 bits per heavy atom. The summed E-state index contributed by atoms with van der Waals surface area (Å²) >= 11 is 0. The summed E-state index contributed by atoms with van der Waals surface area (Å²) in [5.41, 5.74) is 1.10. The van der Waals surface area contributed by atoms with E-state index >= 15 is 0 Å². The molecule has 0 amide bonds. The maximum absolute atomic E-state index is 13.2. The van der Waals surface area contributed by atoms with Crippen molar-refractivity contribution in [2.75, 3.05) is 7.11 Å². The molecular formula is C20H21F3N2O2. The van der Waals surface area contributed by atoms with E-state index in [9.17, 15) is 18.0 Å². The van der Waals surface area contributed by atoms with Crippen LogP contribution in [0.4, 0.5) is 13.2 Å². The van der Waals surface area contributed by atoms with Crippen molar-refractivity contribution >= 4 is 5.97 Å². The predicted octanol–water partition coefficient (Wildman–Crippen LogP) is 4.46. The number of halogens is 3. The fourth-order valence-corrected chi connectivity index (χ4v) is 3.34. The minimum absolute atomic E-state index is 0.00785. The van der Waals surface area contributed by atoms with Gasteiger partial charge in [-0.15, -0.1) is 0 Å². The number of hydrogen-bond donors (Lipinski definition) is 0. The van der Waals surface area contributed by atoms with Crippen LogP contribution in [0.3, 0.4) is 0 Å². The van der Waals surface area contributed by atoms with E-state index in [0.717, 1.165) is 42.9 Å². The first-order valence-electron chi connectivity index (χ1n) is 8.95. The molecule has 3 rings (SSSR count). The third-order valence-electron chi connectivity index (χ3n) is 4.79. The molecule has 1 aromatic heterocycles. The molecule has 4 nitrogen and oxygen atoms in total. The molecule has 7 heteroatoms. The van der Waals surface area contributed by atoms with Crippen LogP contribution in [-0.2, 0) is 28.5 Å². The molecule has 1 fully saturated rings. The summed E-state index contributed by atoms with van der Waals surface area (Å²) in [6.07, 6.45) is -0.373. The highest BCUT2D eigenvalue weighted by Gasteiger charge is 2.34. The van der Waals surface area contributed by atoms with Gasteiger partial charge in [-0.1, -0.05) is 37.1 Å². The van der Waals surface area contributed by atoms with Crippen molar-refractivity contribution in [3.63, 3.8) is 0 Å². The van der Waals surface area contributed by atoms with E-state index in [4.69, 9.17) is 0 Å². The van der Waals surface area contributed by atoms with Gasteiger partial charge in [-0.2, -0.15) is 13.2 Å². The van der Waals surface area contributed by atoms with E-state index in [1.807, 2.05) is 0 Å². The summed E-state index contributed by atoms with van der Waals surface area (Å²) < 4.78 is 44.4. The Balaban J connectivity index is 1.82. The van der Waals surface area contributed by atoms with Gasteiger partial charge in [0.05, 0.1) is 13.5 Å². The number of nitrogens with zero attached hydrogens (tertiary/aromatic N) is 2. The molecule has 1 heterocycles. The van der Waals surface area contributed by atoms with Crippen LogP contribution in [0.5, 0.6) is 0 Å². The number of benzene rings is 1. The van der Waals surface area contributed by atoms with Gasteiger partial charge in [0.15, 0.2) is 0 Å². The van der Waals surface area contributed by atoms with E-state index in [-0.39, 0.29) is 24.7 Å². The lowest BCUT2D eigenvalue weighted by molar-refractivity contribution is -0.141. The molecule has 0 atom stereocenters. The van der Waals surface area contributed by atoms with Gasteiger partial charge in [0, 0.05) is 18.0 Å². The highest BCUT2D eigenvalue weighted by atomic mass is 19.4. The van der Waals surface area contributed by atoms with Crippen LogP contribution in [-0.4, -0.2) is 23.0 Å². The lowest BCUT2D eigenvalue weighted by Gasteiger charge is -2.14. The Bertz CT molecular complexity index is 798. The van der Waals surface area contributed by atoms with Crippen molar-refractivity contribution in [1.29, 1.82) is 0 Å². The van der Waals surface area contributed by atoms with E-state index in [1.54, 1.807) is 24.3 Å². The van der Waals surface area contributed by atoms with E-state index in [1.165, 1.54) is 7.11 Å². The normalized spacial score (nSPS) is 15.1. The van der Waals surface area contributed by atoms with Crippen LogP contribution in [0.15, 0.2) is 30.3 Å². The number of esters is 1. The minimum atomic E-state index is -4.49. The van der Waals surface area contributed by atoms with Gasteiger partial charge >= 0.3 is 12.1 Å². The first kappa shape index (κ1) is 19.3. The molecule has 1 aromatic carbocycles. The van der Waals surface area contributed by atoms with Gasteiger partial charge in [-0.3, -0.25) is 4.79 Å². The number of aromatic nitrogens is 2. The highest BCUT2D eigenvalue weighted by Crippen LogP contribution is 2.35. The van der Waals surface area contributed by atoms with Crippen LogP contribution in [0.25, 0.3) is 0 Å². The van der Waals surface area contributed by atoms with Crippen LogP contribution < -0.4 is 0 Å². The maximum Gasteiger partial charge on any atom is 0.433 e. The Labute approximate surface area is 155 Å². The molecular weight excluding hydrogens is 357 g/mol. The van der Waals surface area contributed by atoms with Gasteiger partial charge in [0.25, 0.3) is 0 Å². The van der Waals surface area contributed by atoms with Crippen molar-refractivity contribution < 1.29 is 22.7 Å². The van der Waals surface area contributed by atoms with E-state index in [0.29, 0.717) is 11.5 Å². The van der Waals surface area contributed by atoms with Crippen LogP contribution >= 0.6 is 0 Å². The fourth-order valence-electron chi connectivity index (χ4n) is 3.34. The molecule has 0 bridgehead atoms. The number of ether oxygens (including phenoxy) is 1. The molecule has 27 heavy (non-hydrogen) atoms. The summed E-state index contributed by atoms with van der Waals surface area (Å²) in [7, 11) is 1.33. The summed E-state index contributed by atoms with van der Waals surface area (Å²) in [5.74, 6) is -0.0253. The zero-order valence-corrected chi connectivity index (χ0v) is 15.1. The smallest absolute Gasteiger partial charge is 0.433 e. The summed E-state index contributed by atoms with van der Waals surface area (Å²) in [5, 5.41) is 0. The van der Waals surface area contributed by atoms with Crippen molar-refractivity contribution in [2.24, 2.45) is 0 Å². The molecule has 0 radical (unpaired) electrons. The van der Waals surface area contributed by atoms with Gasteiger partial charge in [-0.05, 0) is 30.0 Å². The van der Waals surface area contributed by atoms with Crippen LogP contribution in [0.1, 0.15) is 59.9 Å². The molecule has 144 valence electrons. The number of carbonyl (C=O) groups is 1. The molecule has 0 spiro atoms. The molecule has 0 aliphatic heterocycles. The van der Waals surface area contributed by atoms with Gasteiger partial charge in [0.2, 0.25) is 0 Å². The van der Waals surface area contributed by atoms with Crippen LogP contribution in [0, 0.1) is 0 Å². The third kappa shape index (κ3) is 5.05. The quantitative estimate of drug-likeness (QED) is 0.721.